The Kier molecular flexibility index (Phi) is 4.49. The molecule has 0 radical (unpaired) electrons. The van der Waals surface area contributed by atoms with Crippen molar-refractivity contribution in [2.24, 2.45) is 0 Å². The van der Waals surface area contributed by atoms with Gasteiger partial charge in [-0.3, -0.25) is 4.90 Å². The molecule has 1 aromatic carbocycles. The van der Waals surface area contributed by atoms with Crippen molar-refractivity contribution in [3.8, 4) is 0 Å². The fraction of sp³-hybridized carbons (Fsp3) is 0.625. The van der Waals surface area contributed by atoms with E-state index in [0.29, 0.717) is 0 Å². The van der Waals surface area contributed by atoms with Crippen molar-refractivity contribution in [3.05, 3.63) is 28.8 Å². The van der Waals surface area contributed by atoms with Gasteiger partial charge in [0.2, 0.25) is 0 Å². The lowest BCUT2D eigenvalue weighted by Gasteiger charge is -2.37. The van der Waals surface area contributed by atoms with Crippen LogP contribution in [-0.2, 0) is 6.54 Å². The maximum absolute atomic E-state index is 6.47. The molecule has 1 heterocycles. The Morgan fingerprint density at radius 3 is 2.60 bits per heavy atom. The first kappa shape index (κ1) is 14.2. The van der Waals surface area contributed by atoms with Gasteiger partial charge in [0.05, 0.1) is 10.7 Å². The fourth-order valence-corrected chi connectivity index (χ4v) is 3.38. The average molecular weight is 294 g/mol. The summed E-state index contributed by atoms with van der Waals surface area (Å²) in [5.74, 6) is 0. The first-order valence-electron chi connectivity index (χ1n) is 7.76. The number of hydrogen-bond acceptors (Lipinski definition) is 3. The van der Waals surface area contributed by atoms with Crippen LogP contribution in [-0.4, -0.2) is 43.7 Å². The van der Waals surface area contributed by atoms with Crippen molar-refractivity contribution in [2.75, 3.05) is 37.6 Å². The summed E-state index contributed by atoms with van der Waals surface area (Å²) in [6, 6.07) is 7.14. The van der Waals surface area contributed by atoms with Crippen LogP contribution in [0.5, 0.6) is 0 Å². The third kappa shape index (κ3) is 3.11. The van der Waals surface area contributed by atoms with Gasteiger partial charge in [0.15, 0.2) is 0 Å². The zero-order valence-corrected chi connectivity index (χ0v) is 13.0. The van der Waals surface area contributed by atoms with Crippen LogP contribution in [0.25, 0.3) is 0 Å². The van der Waals surface area contributed by atoms with Crippen molar-refractivity contribution in [1.29, 1.82) is 0 Å². The SMILES string of the molecule is CCNCc1cccc(Cl)c1N1CCN(C2CC2)CC1. The summed E-state index contributed by atoms with van der Waals surface area (Å²) in [6.45, 7) is 8.57. The summed E-state index contributed by atoms with van der Waals surface area (Å²) < 4.78 is 0. The van der Waals surface area contributed by atoms with Gasteiger partial charge in [0.25, 0.3) is 0 Å². The van der Waals surface area contributed by atoms with E-state index in [-0.39, 0.29) is 0 Å². The molecule has 0 unspecified atom stereocenters. The van der Waals surface area contributed by atoms with Gasteiger partial charge in [0, 0.05) is 38.8 Å². The van der Waals surface area contributed by atoms with E-state index in [2.05, 4.69) is 34.2 Å². The molecule has 1 saturated heterocycles. The smallest absolute Gasteiger partial charge is 0.0642 e. The van der Waals surface area contributed by atoms with E-state index in [1.54, 1.807) is 0 Å². The monoisotopic (exact) mass is 293 g/mol. The molecule has 0 amide bonds. The number of piperazine rings is 1. The number of hydrogen-bond donors (Lipinski definition) is 1. The molecule has 0 bridgehead atoms. The summed E-state index contributed by atoms with van der Waals surface area (Å²) in [6.07, 6.45) is 2.80. The van der Waals surface area contributed by atoms with Crippen LogP contribution in [0.15, 0.2) is 18.2 Å². The van der Waals surface area contributed by atoms with Crippen molar-refractivity contribution < 1.29 is 0 Å². The quantitative estimate of drug-likeness (QED) is 0.900. The molecule has 0 atom stereocenters. The van der Waals surface area contributed by atoms with Gasteiger partial charge in [-0.2, -0.15) is 0 Å². The molecule has 3 nitrogen and oxygen atoms in total. The number of rotatable bonds is 5. The molecule has 20 heavy (non-hydrogen) atoms. The van der Waals surface area contributed by atoms with E-state index in [1.165, 1.54) is 37.2 Å². The predicted octanol–water partition coefficient (Wildman–Crippen LogP) is 2.73. The zero-order valence-electron chi connectivity index (χ0n) is 12.2. The van der Waals surface area contributed by atoms with Gasteiger partial charge in [-0.1, -0.05) is 30.7 Å². The number of halogens is 1. The number of nitrogens with zero attached hydrogens (tertiary/aromatic N) is 2. The van der Waals surface area contributed by atoms with E-state index in [9.17, 15) is 0 Å². The van der Waals surface area contributed by atoms with Crippen molar-refractivity contribution in [1.82, 2.24) is 10.2 Å². The average Bonchev–Trinajstić information content (AvgIpc) is 3.30. The lowest BCUT2D eigenvalue weighted by molar-refractivity contribution is 0.248. The van der Waals surface area contributed by atoms with Crippen LogP contribution < -0.4 is 10.2 Å². The first-order chi connectivity index (χ1) is 9.79. The maximum atomic E-state index is 6.47. The number of benzene rings is 1. The molecule has 2 fully saturated rings. The van der Waals surface area contributed by atoms with Crippen LogP contribution in [0.3, 0.4) is 0 Å². The van der Waals surface area contributed by atoms with Crippen LogP contribution in [0.2, 0.25) is 5.02 Å². The summed E-state index contributed by atoms with van der Waals surface area (Å²) in [4.78, 5) is 5.10. The Morgan fingerprint density at radius 2 is 1.95 bits per heavy atom. The van der Waals surface area contributed by atoms with Crippen LogP contribution in [0, 0.1) is 0 Å². The highest BCUT2D eigenvalue weighted by molar-refractivity contribution is 6.33. The molecule has 110 valence electrons. The highest BCUT2D eigenvalue weighted by Crippen LogP contribution is 2.33. The van der Waals surface area contributed by atoms with Crippen LogP contribution >= 0.6 is 11.6 Å². The molecule has 0 aromatic heterocycles. The van der Waals surface area contributed by atoms with Gasteiger partial charge in [-0.15, -0.1) is 0 Å². The topological polar surface area (TPSA) is 18.5 Å². The van der Waals surface area contributed by atoms with Gasteiger partial charge in [-0.25, -0.2) is 0 Å². The minimum absolute atomic E-state index is 0.879. The summed E-state index contributed by atoms with van der Waals surface area (Å²) in [5.41, 5.74) is 2.56. The maximum Gasteiger partial charge on any atom is 0.0642 e. The molecule has 0 spiro atoms. The Labute approximate surface area is 126 Å². The normalized spacial score (nSPS) is 20.4. The molecule has 1 aromatic rings. The predicted molar refractivity (Wildman–Crippen MR) is 85.6 cm³/mol. The number of anilines is 1. The number of para-hydroxylation sites is 1. The van der Waals surface area contributed by atoms with Gasteiger partial charge in [0.1, 0.15) is 0 Å². The second-order valence-electron chi connectivity index (χ2n) is 5.78. The van der Waals surface area contributed by atoms with E-state index < -0.39 is 0 Å². The van der Waals surface area contributed by atoms with Crippen molar-refractivity contribution in [3.63, 3.8) is 0 Å². The van der Waals surface area contributed by atoms with E-state index >= 15 is 0 Å². The number of nitrogens with one attached hydrogen (secondary N) is 1. The fourth-order valence-electron chi connectivity index (χ4n) is 3.07. The standard InChI is InChI=1S/C16H24ClN3/c1-2-18-12-13-4-3-5-15(17)16(13)20-10-8-19(9-11-20)14-6-7-14/h3-5,14,18H,2,6-12H2,1H3. The molecular formula is C16H24ClN3. The highest BCUT2D eigenvalue weighted by Gasteiger charge is 2.31. The van der Waals surface area contributed by atoms with E-state index in [4.69, 9.17) is 11.6 Å². The Bertz CT molecular complexity index is 451. The molecular weight excluding hydrogens is 270 g/mol. The van der Waals surface area contributed by atoms with E-state index in [0.717, 1.165) is 37.2 Å². The summed E-state index contributed by atoms with van der Waals surface area (Å²) in [5, 5.41) is 4.30. The van der Waals surface area contributed by atoms with E-state index in [1.807, 2.05) is 6.07 Å². The Balaban J connectivity index is 1.72. The summed E-state index contributed by atoms with van der Waals surface area (Å²) >= 11 is 6.47. The lowest BCUT2D eigenvalue weighted by atomic mass is 10.1. The molecule has 1 aliphatic carbocycles. The first-order valence-corrected chi connectivity index (χ1v) is 8.14. The zero-order chi connectivity index (χ0) is 13.9. The molecule has 1 N–H and O–H groups in total. The largest absolute Gasteiger partial charge is 0.367 e. The molecule has 4 heteroatoms. The second kappa shape index (κ2) is 6.33. The highest BCUT2D eigenvalue weighted by atomic mass is 35.5. The van der Waals surface area contributed by atoms with Gasteiger partial charge < -0.3 is 10.2 Å². The third-order valence-electron chi connectivity index (χ3n) is 4.33. The van der Waals surface area contributed by atoms with Crippen LogP contribution in [0.1, 0.15) is 25.3 Å². The minimum Gasteiger partial charge on any atom is -0.367 e. The third-order valence-corrected chi connectivity index (χ3v) is 4.63. The van der Waals surface area contributed by atoms with Gasteiger partial charge >= 0.3 is 0 Å². The van der Waals surface area contributed by atoms with Gasteiger partial charge in [-0.05, 0) is 31.0 Å². The lowest BCUT2D eigenvalue weighted by Crippen LogP contribution is -2.47. The van der Waals surface area contributed by atoms with Crippen molar-refractivity contribution >= 4 is 17.3 Å². The second-order valence-corrected chi connectivity index (χ2v) is 6.19. The Hall–Kier alpha value is -0.770. The molecule has 1 aliphatic heterocycles. The molecule has 2 aliphatic rings. The Morgan fingerprint density at radius 1 is 1.20 bits per heavy atom. The van der Waals surface area contributed by atoms with Crippen molar-refractivity contribution in [2.45, 2.75) is 32.4 Å². The molecule has 3 rings (SSSR count). The van der Waals surface area contributed by atoms with Crippen LogP contribution in [0.4, 0.5) is 5.69 Å². The molecule has 1 saturated carbocycles. The minimum atomic E-state index is 0.879. The summed E-state index contributed by atoms with van der Waals surface area (Å²) in [7, 11) is 0.